The van der Waals surface area contributed by atoms with Crippen LogP contribution in [0.2, 0.25) is 0 Å². The number of amides is 1. The lowest BCUT2D eigenvalue weighted by atomic mass is 10.0. The van der Waals surface area contributed by atoms with Gasteiger partial charge in [-0.05, 0) is 24.5 Å². The van der Waals surface area contributed by atoms with Crippen LogP contribution in [0.1, 0.15) is 29.8 Å². The van der Waals surface area contributed by atoms with Crippen LogP contribution in [-0.2, 0) is 16.0 Å². The minimum absolute atomic E-state index is 0.230. The SMILES string of the molecule is CCOC(=O)C1NC(=O)c2c(sc(-c3ccccc3)c2CC)N1. The van der Waals surface area contributed by atoms with Gasteiger partial charge < -0.3 is 15.4 Å². The Hall–Kier alpha value is -2.34. The maximum Gasteiger partial charge on any atom is 0.349 e. The second kappa shape index (κ2) is 6.42. The Labute approximate surface area is 138 Å². The number of carbonyl (C=O) groups excluding carboxylic acids is 2. The summed E-state index contributed by atoms with van der Waals surface area (Å²) in [7, 11) is 0. The summed E-state index contributed by atoms with van der Waals surface area (Å²) in [5.41, 5.74) is 2.71. The van der Waals surface area contributed by atoms with Crippen molar-refractivity contribution in [2.75, 3.05) is 11.9 Å². The number of fused-ring (bicyclic) bond motifs is 1. The smallest absolute Gasteiger partial charge is 0.349 e. The third-order valence-electron chi connectivity index (χ3n) is 3.70. The predicted octanol–water partition coefficient (Wildman–Crippen LogP) is 3.02. The van der Waals surface area contributed by atoms with E-state index in [1.165, 1.54) is 11.3 Å². The van der Waals surface area contributed by atoms with Crippen LogP contribution in [0.25, 0.3) is 10.4 Å². The summed E-state index contributed by atoms with van der Waals surface area (Å²) in [6.45, 7) is 4.04. The van der Waals surface area contributed by atoms with Crippen LogP contribution in [0.4, 0.5) is 5.00 Å². The summed E-state index contributed by atoms with van der Waals surface area (Å²) in [6, 6.07) is 9.96. The molecule has 1 aliphatic rings. The monoisotopic (exact) mass is 330 g/mol. The molecule has 0 bridgehead atoms. The molecule has 3 rings (SSSR count). The van der Waals surface area contributed by atoms with Crippen molar-refractivity contribution in [3.63, 3.8) is 0 Å². The Balaban J connectivity index is 2.02. The van der Waals surface area contributed by atoms with Crippen molar-refractivity contribution >= 4 is 28.2 Å². The molecule has 0 fully saturated rings. The second-order valence-electron chi connectivity index (χ2n) is 5.14. The summed E-state index contributed by atoms with van der Waals surface area (Å²) in [4.78, 5) is 25.4. The molecule has 5 nitrogen and oxygen atoms in total. The maximum atomic E-state index is 12.5. The van der Waals surface area contributed by atoms with Gasteiger partial charge in [0.1, 0.15) is 5.00 Å². The molecule has 2 N–H and O–H groups in total. The molecule has 1 aromatic carbocycles. The van der Waals surface area contributed by atoms with Gasteiger partial charge in [-0.2, -0.15) is 0 Å². The van der Waals surface area contributed by atoms with E-state index in [1.54, 1.807) is 6.92 Å². The Morgan fingerprint density at radius 3 is 2.61 bits per heavy atom. The second-order valence-corrected chi connectivity index (χ2v) is 6.16. The molecule has 1 atom stereocenters. The standard InChI is InChI=1S/C17H18N2O3S/c1-3-11-12-15(20)18-14(17(21)22-4-2)19-16(12)23-13(11)10-8-6-5-7-9-10/h5-9,14,19H,3-4H2,1-2H3,(H,18,20). The van der Waals surface area contributed by atoms with Gasteiger partial charge in [-0.25, -0.2) is 4.79 Å². The van der Waals surface area contributed by atoms with Gasteiger partial charge in [0.2, 0.25) is 6.17 Å². The molecule has 120 valence electrons. The van der Waals surface area contributed by atoms with Crippen molar-refractivity contribution in [3.8, 4) is 10.4 Å². The first kappa shape index (κ1) is 15.6. The summed E-state index contributed by atoms with van der Waals surface area (Å²) >= 11 is 1.50. The highest BCUT2D eigenvalue weighted by Crippen LogP contribution is 2.42. The molecule has 23 heavy (non-hydrogen) atoms. The molecule has 2 heterocycles. The molecule has 0 aliphatic carbocycles. The summed E-state index contributed by atoms with van der Waals surface area (Å²) in [5, 5.41) is 6.49. The number of esters is 1. The molecule has 0 spiro atoms. The number of anilines is 1. The molecule has 1 aromatic heterocycles. The van der Waals surface area contributed by atoms with Crippen LogP contribution in [0, 0.1) is 0 Å². The minimum atomic E-state index is -0.832. The van der Waals surface area contributed by atoms with Crippen molar-refractivity contribution in [2.24, 2.45) is 0 Å². The highest BCUT2D eigenvalue weighted by atomic mass is 32.1. The van der Waals surface area contributed by atoms with Crippen molar-refractivity contribution in [1.82, 2.24) is 5.32 Å². The number of rotatable bonds is 4. The molecule has 0 saturated carbocycles. The van der Waals surface area contributed by atoms with Gasteiger partial charge in [0.05, 0.1) is 12.2 Å². The third kappa shape index (κ3) is 2.82. The molecule has 0 saturated heterocycles. The van der Waals surface area contributed by atoms with E-state index in [0.29, 0.717) is 5.56 Å². The number of nitrogens with one attached hydrogen (secondary N) is 2. The van der Waals surface area contributed by atoms with Gasteiger partial charge in [0.25, 0.3) is 5.91 Å². The van der Waals surface area contributed by atoms with Gasteiger partial charge in [-0.1, -0.05) is 37.3 Å². The fourth-order valence-electron chi connectivity index (χ4n) is 2.68. The van der Waals surface area contributed by atoms with E-state index >= 15 is 0 Å². The average Bonchev–Trinajstić information content (AvgIpc) is 2.95. The van der Waals surface area contributed by atoms with E-state index < -0.39 is 12.1 Å². The predicted molar refractivity (Wildman–Crippen MR) is 90.6 cm³/mol. The number of thiophene rings is 1. The number of benzene rings is 1. The van der Waals surface area contributed by atoms with Crippen molar-refractivity contribution in [1.29, 1.82) is 0 Å². The zero-order valence-corrected chi connectivity index (χ0v) is 13.8. The van der Waals surface area contributed by atoms with Gasteiger partial charge >= 0.3 is 5.97 Å². The molecular formula is C17H18N2O3S. The van der Waals surface area contributed by atoms with Crippen LogP contribution in [0.5, 0.6) is 0 Å². The molecule has 1 aliphatic heterocycles. The summed E-state index contributed by atoms with van der Waals surface area (Å²) in [6.07, 6.45) is -0.0863. The molecule has 0 radical (unpaired) electrons. The van der Waals surface area contributed by atoms with E-state index in [9.17, 15) is 9.59 Å². The van der Waals surface area contributed by atoms with E-state index in [4.69, 9.17) is 4.74 Å². The zero-order chi connectivity index (χ0) is 16.4. The van der Waals surface area contributed by atoms with Crippen LogP contribution < -0.4 is 10.6 Å². The lowest BCUT2D eigenvalue weighted by molar-refractivity contribution is -0.144. The highest BCUT2D eigenvalue weighted by molar-refractivity contribution is 7.20. The van der Waals surface area contributed by atoms with E-state index in [-0.39, 0.29) is 12.5 Å². The lowest BCUT2D eigenvalue weighted by Gasteiger charge is -2.24. The minimum Gasteiger partial charge on any atom is -0.463 e. The Kier molecular flexibility index (Phi) is 4.34. The largest absolute Gasteiger partial charge is 0.463 e. The Morgan fingerprint density at radius 1 is 1.22 bits per heavy atom. The number of hydrogen-bond acceptors (Lipinski definition) is 5. The van der Waals surface area contributed by atoms with E-state index in [2.05, 4.69) is 10.6 Å². The topological polar surface area (TPSA) is 67.4 Å². The fourth-order valence-corrected chi connectivity index (χ4v) is 4.00. The summed E-state index contributed by atoms with van der Waals surface area (Å²) < 4.78 is 4.98. The van der Waals surface area contributed by atoms with Gasteiger partial charge in [0.15, 0.2) is 0 Å². The number of hydrogen-bond donors (Lipinski definition) is 2. The first-order valence-corrected chi connectivity index (χ1v) is 8.42. The fraction of sp³-hybridized carbons (Fsp3) is 0.294. The van der Waals surface area contributed by atoms with Crippen molar-refractivity contribution in [3.05, 3.63) is 41.5 Å². The molecular weight excluding hydrogens is 312 g/mol. The Morgan fingerprint density at radius 2 is 1.96 bits per heavy atom. The van der Waals surface area contributed by atoms with Gasteiger partial charge in [-0.15, -0.1) is 11.3 Å². The van der Waals surface area contributed by atoms with Crippen LogP contribution in [-0.4, -0.2) is 24.6 Å². The van der Waals surface area contributed by atoms with E-state index in [0.717, 1.165) is 27.4 Å². The molecule has 6 heteroatoms. The van der Waals surface area contributed by atoms with E-state index in [1.807, 2.05) is 37.3 Å². The number of ether oxygens (including phenoxy) is 1. The normalized spacial score (nSPS) is 16.3. The average molecular weight is 330 g/mol. The Bertz CT molecular complexity index is 740. The number of carbonyl (C=O) groups is 2. The van der Waals surface area contributed by atoms with Crippen LogP contribution in [0.15, 0.2) is 30.3 Å². The molecule has 2 aromatic rings. The van der Waals surface area contributed by atoms with Crippen molar-refractivity contribution < 1.29 is 14.3 Å². The van der Waals surface area contributed by atoms with Crippen LogP contribution in [0.3, 0.4) is 0 Å². The summed E-state index contributed by atoms with van der Waals surface area (Å²) in [5.74, 6) is -0.703. The van der Waals surface area contributed by atoms with Gasteiger partial charge in [0, 0.05) is 4.88 Å². The van der Waals surface area contributed by atoms with Crippen molar-refractivity contribution in [2.45, 2.75) is 26.4 Å². The van der Waals surface area contributed by atoms with Gasteiger partial charge in [-0.3, -0.25) is 4.79 Å². The zero-order valence-electron chi connectivity index (χ0n) is 13.0. The maximum absolute atomic E-state index is 12.5. The molecule has 1 unspecified atom stereocenters. The quantitative estimate of drug-likeness (QED) is 0.846. The van der Waals surface area contributed by atoms with Crippen LogP contribution >= 0.6 is 11.3 Å². The first-order valence-electron chi connectivity index (χ1n) is 7.60. The lowest BCUT2D eigenvalue weighted by Crippen LogP contribution is -2.50. The first-order chi connectivity index (χ1) is 11.2. The third-order valence-corrected chi connectivity index (χ3v) is 4.91. The highest BCUT2D eigenvalue weighted by Gasteiger charge is 2.34. The molecule has 1 amide bonds.